The number of aryl methyl sites for hydroxylation is 1. The molecule has 0 fully saturated rings. The van der Waals surface area contributed by atoms with E-state index in [-0.39, 0.29) is 6.04 Å². The molecule has 1 aromatic carbocycles. The van der Waals surface area contributed by atoms with Crippen molar-refractivity contribution < 1.29 is 0 Å². The molecule has 0 saturated heterocycles. The van der Waals surface area contributed by atoms with E-state index in [2.05, 4.69) is 48.1 Å². The van der Waals surface area contributed by atoms with Crippen LogP contribution in [0.4, 0.5) is 0 Å². The number of aromatic nitrogens is 5. The van der Waals surface area contributed by atoms with Crippen molar-refractivity contribution in [3.05, 3.63) is 42.2 Å². The van der Waals surface area contributed by atoms with Crippen LogP contribution in [0.2, 0.25) is 0 Å². The zero-order valence-electron chi connectivity index (χ0n) is 11.3. The topological polar surface area (TPSA) is 59.4 Å². The number of hydrogen-bond acceptors (Lipinski definition) is 3. The van der Waals surface area contributed by atoms with Gasteiger partial charge in [0.05, 0.1) is 17.1 Å². The molecule has 0 aliphatic carbocycles. The molecule has 2 heterocycles. The van der Waals surface area contributed by atoms with Gasteiger partial charge in [-0.2, -0.15) is 0 Å². The van der Waals surface area contributed by atoms with Crippen LogP contribution in [0.25, 0.3) is 11.0 Å². The van der Waals surface area contributed by atoms with Crippen LogP contribution in [0, 0.1) is 12.8 Å². The Kier molecular flexibility index (Phi) is 2.81. The largest absolute Gasteiger partial charge is 0.340 e. The first kappa shape index (κ1) is 11.9. The molecule has 0 unspecified atom stereocenters. The number of imidazole rings is 1. The van der Waals surface area contributed by atoms with Crippen molar-refractivity contribution in [3.63, 3.8) is 0 Å². The summed E-state index contributed by atoms with van der Waals surface area (Å²) in [6.07, 6.45) is 3.48. The molecule has 5 heteroatoms. The first-order valence-corrected chi connectivity index (χ1v) is 6.45. The Morgan fingerprint density at radius 3 is 2.58 bits per heavy atom. The molecule has 1 atom stereocenters. The summed E-state index contributed by atoms with van der Waals surface area (Å²) in [5.74, 6) is 1.35. The maximum absolute atomic E-state index is 4.70. The highest BCUT2D eigenvalue weighted by Gasteiger charge is 2.21. The maximum Gasteiger partial charge on any atom is 0.130 e. The van der Waals surface area contributed by atoms with E-state index in [1.54, 1.807) is 12.7 Å². The van der Waals surface area contributed by atoms with Crippen molar-refractivity contribution in [2.24, 2.45) is 5.92 Å². The Morgan fingerprint density at radius 2 is 1.89 bits per heavy atom. The average Bonchev–Trinajstić information content (AvgIpc) is 2.97. The highest BCUT2D eigenvalue weighted by molar-refractivity contribution is 5.75. The molecule has 0 aliphatic heterocycles. The molecule has 19 heavy (non-hydrogen) atoms. The quantitative estimate of drug-likeness (QED) is 0.782. The molecule has 2 aromatic heterocycles. The number of fused-ring (bicyclic) bond motifs is 1. The predicted molar refractivity (Wildman–Crippen MR) is 73.8 cm³/mol. The standard InChI is InChI=1S/C14H17N5/c1-9(2)13(19-7-15-16-8-19)14-17-11-5-4-10(3)6-12(11)18-14/h4-9,13H,1-3H3,(H,17,18)/t13-/m0/s1. The molecule has 0 bridgehead atoms. The molecule has 98 valence electrons. The summed E-state index contributed by atoms with van der Waals surface area (Å²) in [7, 11) is 0. The predicted octanol–water partition coefficient (Wildman–Crippen LogP) is 2.71. The molecule has 0 spiro atoms. The fourth-order valence-electron chi connectivity index (χ4n) is 2.44. The highest BCUT2D eigenvalue weighted by Crippen LogP contribution is 2.26. The SMILES string of the molecule is Cc1ccc2nc([C@H](C(C)C)n3cnnc3)[nH]c2c1. The van der Waals surface area contributed by atoms with Crippen LogP contribution in [0.15, 0.2) is 30.9 Å². The van der Waals surface area contributed by atoms with Crippen LogP contribution in [-0.4, -0.2) is 24.7 Å². The summed E-state index contributed by atoms with van der Waals surface area (Å²) >= 11 is 0. The summed E-state index contributed by atoms with van der Waals surface area (Å²) in [5.41, 5.74) is 3.31. The molecule has 3 aromatic rings. The van der Waals surface area contributed by atoms with Crippen molar-refractivity contribution >= 4 is 11.0 Å². The molecule has 0 amide bonds. The highest BCUT2D eigenvalue weighted by atomic mass is 15.3. The van der Waals surface area contributed by atoms with Gasteiger partial charge in [0.2, 0.25) is 0 Å². The fraction of sp³-hybridized carbons (Fsp3) is 0.357. The van der Waals surface area contributed by atoms with Gasteiger partial charge in [0.1, 0.15) is 18.5 Å². The van der Waals surface area contributed by atoms with Gasteiger partial charge < -0.3 is 9.55 Å². The van der Waals surface area contributed by atoms with Gasteiger partial charge in [-0.05, 0) is 30.5 Å². The maximum atomic E-state index is 4.70. The zero-order valence-corrected chi connectivity index (χ0v) is 11.3. The Balaban J connectivity index is 2.10. The molecule has 0 radical (unpaired) electrons. The number of nitrogens with zero attached hydrogens (tertiary/aromatic N) is 4. The molecule has 0 saturated carbocycles. The number of aromatic amines is 1. The minimum atomic E-state index is 0.128. The molecular weight excluding hydrogens is 238 g/mol. The van der Waals surface area contributed by atoms with E-state index in [4.69, 9.17) is 4.98 Å². The fourth-order valence-corrected chi connectivity index (χ4v) is 2.44. The van der Waals surface area contributed by atoms with Crippen LogP contribution in [0.1, 0.15) is 31.3 Å². The van der Waals surface area contributed by atoms with Crippen LogP contribution < -0.4 is 0 Å². The molecule has 1 N–H and O–H groups in total. The van der Waals surface area contributed by atoms with Crippen molar-refractivity contribution in [2.45, 2.75) is 26.8 Å². The molecule has 0 aliphatic rings. The average molecular weight is 255 g/mol. The van der Waals surface area contributed by atoms with Gasteiger partial charge in [-0.3, -0.25) is 0 Å². The van der Waals surface area contributed by atoms with E-state index in [1.807, 2.05) is 10.6 Å². The number of H-pyrrole nitrogens is 1. The van der Waals surface area contributed by atoms with Crippen molar-refractivity contribution in [2.75, 3.05) is 0 Å². The Morgan fingerprint density at radius 1 is 1.16 bits per heavy atom. The number of rotatable bonds is 3. The number of hydrogen-bond donors (Lipinski definition) is 1. The van der Waals surface area contributed by atoms with Crippen LogP contribution >= 0.6 is 0 Å². The van der Waals surface area contributed by atoms with Gasteiger partial charge in [-0.1, -0.05) is 19.9 Å². The second-order valence-electron chi connectivity index (χ2n) is 5.24. The minimum Gasteiger partial charge on any atom is -0.340 e. The lowest BCUT2D eigenvalue weighted by Crippen LogP contribution is -2.16. The van der Waals surface area contributed by atoms with E-state index in [0.717, 1.165) is 16.9 Å². The van der Waals surface area contributed by atoms with E-state index in [0.29, 0.717) is 5.92 Å². The third kappa shape index (κ3) is 2.12. The third-order valence-electron chi connectivity index (χ3n) is 3.33. The summed E-state index contributed by atoms with van der Waals surface area (Å²) in [4.78, 5) is 8.12. The van der Waals surface area contributed by atoms with Crippen LogP contribution in [0.5, 0.6) is 0 Å². The van der Waals surface area contributed by atoms with E-state index in [9.17, 15) is 0 Å². The van der Waals surface area contributed by atoms with Gasteiger partial charge in [0, 0.05) is 0 Å². The monoisotopic (exact) mass is 255 g/mol. The molecule has 5 nitrogen and oxygen atoms in total. The van der Waals surface area contributed by atoms with Gasteiger partial charge in [-0.25, -0.2) is 4.98 Å². The van der Waals surface area contributed by atoms with Crippen molar-refractivity contribution in [3.8, 4) is 0 Å². The molecule has 3 rings (SSSR count). The number of nitrogens with one attached hydrogen (secondary N) is 1. The van der Waals surface area contributed by atoms with E-state index < -0.39 is 0 Å². The lowest BCUT2D eigenvalue weighted by Gasteiger charge is -2.19. The Hall–Kier alpha value is -2.17. The lowest BCUT2D eigenvalue weighted by atomic mass is 10.0. The Bertz CT molecular complexity index is 681. The van der Waals surface area contributed by atoms with Crippen LogP contribution in [-0.2, 0) is 0 Å². The van der Waals surface area contributed by atoms with E-state index in [1.165, 1.54) is 5.56 Å². The van der Waals surface area contributed by atoms with Crippen LogP contribution in [0.3, 0.4) is 0 Å². The smallest absolute Gasteiger partial charge is 0.130 e. The molecular formula is C14H17N5. The lowest BCUT2D eigenvalue weighted by molar-refractivity contribution is 0.419. The van der Waals surface area contributed by atoms with Crippen molar-refractivity contribution in [1.82, 2.24) is 24.7 Å². The third-order valence-corrected chi connectivity index (χ3v) is 3.33. The first-order chi connectivity index (χ1) is 9.15. The minimum absolute atomic E-state index is 0.128. The zero-order chi connectivity index (χ0) is 13.4. The summed E-state index contributed by atoms with van der Waals surface area (Å²) in [6.45, 7) is 6.42. The van der Waals surface area contributed by atoms with E-state index >= 15 is 0 Å². The van der Waals surface area contributed by atoms with Gasteiger partial charge in [0.25, 0.3) is 0 Å². The normalized spacial score (nSPS) is 13.3. The second kappa shape index (κ2) is 4.50. The Labute approximate surface area is 111 Å². The number of benzene rings is 1. The second-order valence-corrected chi connectivity index (χ2v) is 5.24. The summed E-state index contributed by atoms with van der Waals surface area (Å²) in [5, 5.41) is 7.78. The summed E-state index contributed by atoms with van der Waals surface area (Å²) < 4.78 is 2.00. The van der Waals surface area contributed by atoms with Crippen molar-refractivity contribution in [1.29, 1.82) is 0 Å². The van der Waals surface area contributed by atoms with Gasteiger partial charge in [0.15, 0.2) is 0 Å². The van der Waals surface area contributed by atoms with Gasteiger partial charge >= 0.3 is 0 Å². The summed E-state index contributed by atoms with van der Waals surface area (Å²) in [6, 6.07) is 6.38. The van der Waals surface area contributed by atoms with Gasteiger partial charge in [-0.15, -0.1) is 10.2 Å². The first-order valence-electron chi connectivity index (χ1n) is 6.45.